The Morgan fingerprint density at radius 2 is 1.82 bits per heavy atom. The molecule has 0 radical (unpaired) electrons. The average molecular weight is 480 g/mol. The van der Waals surface area contributed by atoms with E-state index in [0.29, 0.717) is 13.2 Å². The second-order valence-corrected chi connectivity index (χ2v) is 8.02. The third-order valence-electron chi connectivity index (χ3n) is 3.95. The molecule has 0 saturated carbocycles. The molecule has 1 aromatic heterocycles. The zero-order valence-electron chi connectivity index (χ0n) is 17.7. The minimum Gasteiger partial charge on any atom is -0.395 e. The van der Waals surface area contributed by atoms with Crippen molar-refractivity contribution in [3.63, 3.8) is 0 Å². The maximum absolute atomic E-state index is 12.6. The van der Waals surface area contributed by atoms with Crippen molar-refractivity contribution in [2.24, 2.45) is 0 Å². The fourth-order valence-corrected chi connectivity index (χ4v) is 3.41. The summed E-state index contributed by atoms with van der Waals surface area (Å²) >= 11 is 0. The molecule has 0 fully saturated rings. The summed E-state index contributed by atoms with van der Waals surface area (Å²) in [4.78, 5) is 39.5. The fourth-order valence-electron chi connectivity index (χ4n) is 2.39. The van der Waals surface area contributed by atoms with E-state index in [4.69, 9.17) is 14.6 Å². The van der Waals surface area contributed by atoms with Crippen molar-refractivity contribution in [1.29, 1.82) is 0 Å². The van der Waals surface area contributed by atoms with Gasteiger partial charge in [-0.2, -0.15) is 0 Å². The number of hydrogen-bond donors (Lipinski definition) is 4. The zero-order valence-corrected chi connectivity index (χ0v) is 18.6. The highest BCUT2D eigenvalue weighted by molar-refractivity contribution is 7.90. The third kappa shape index (κ3) is 8.14. The van der Waals surface area contributed by atoms with E-state index >= 15 is 0 Å². The van der Waals surface area contributed by atoms with Crippen LogP contribution in [0.1, 0.15) is 27.6 Å². The Morgan fingerprint density at radius 3 is 2.48 bits per heavy atom. The highest BCUT2D eigenvalue weighted by Crippen LogP contribution is 2.13. The summed E-state index contributed by atoms with van der Waals surface area (Å²) in [5.74, 6) is -1.58. The Kier molecular flexibility index (Phi) is 9.72. The van der Waals surface area contributed by atoms with E-state index < -0.39 is 27.9 Å². The van der Waals surface area contributed by atoms with Crippen LogP contribution in [-0.4, -0.2) is 69.3 Å². The van der Waals surface area contributed by atoms with Crippen molar-refractivity contribution in [3.05, 3.63) is 53.7 Å². The SMILES string of the molecule is CCOCCNC(=O)c1cccc(S(=O)(=O)NC(=O)c2ccc(OC(=O)NCCO)nc2)c1. The summed E-state index contributed by atoms with van der Waals surface area (Å²) in [5.41, 5.74) is -0.00372. The number of hydrogen-bond acceptors (Lipinski definition) is 9. The van der Waals surface area contributed by atoms with Crippen LogP contribution < -0.4 is 20.1 Å². The number of nitrogens with one attached hydrogen (secondary N) is 3. The zero-order chi connectivity index (χ0) is 24.3. The van der Waals surface area contributed by atoms with Gasteiger partial charge in [0.05, 0.1) is 23.7 Å². The Labute approximate surface area is 190 Å². The maximum atomic E-state index is 12.6. The standard InChI is InChI=1S/C20H24N4O8S/c1-2-31-11-9-21-18(26)14-4-3-5-16(12-14)33(29,30)24-19(27)15-6-7-17(23-13-15)32-20(28)22-8-10-25/h3-7,12-13,25H,2,8-11H2,1H3,(H,21,26)(H,22,28)(H,24,27). The quantitative estimate of drug-likeness (QED) is 0.324. The molecule has 0 aliphatic rings. The lowest BCUT2D eigenvalue weighted by atomic mass is 10.2. The number of amides is 3. The van der Waals surface area contributed by atoms with Gasteiger partial charge in [0.2, 0.25) is 5.88 Å². The summed E-state index contributed by atoms with van der Waals surface area (Å²) in [6.07, 6.45) is 0.181. The van der Waals surface area contributed by atoms with Gasteiger partial charge in [-0.15, -0.1) is 0 Å². The van der Waals surface area contributed by atoms with Crippen LogP contribution in [0.2, 0.25) is 0 Å². The number of carbonyl (C=O) groups is 3. The minimum absolute atomic E-state index is 0.00663. The Bertz CT molecular complexity index is 1070. The van der Waals surface area contributed by atoms with Crippen LogP contribution in [0.4, 0.5) is 4.79 Å². The van der Waals surface area contributed by atoms with E-state index in [-0.39, 0.29) is 41.6 Å². The first-order chi connectivity index (χ1) is 15.8. The molecule has 0 aliphatic carbocycles. The first-order valence-corrected chi connectivity index (χ1v) is 11.3. The van der Waals surface area contributed by atoms with Gasteiger partial charge < -0.3 is 25.2 Å². The van der Waals surface area contributed by atoms with Crippen LogP contribution in [0.5, 0.6) is 5.88 Å². The molecule has 0 spiro atoms. The molecular formula is C20H24N4O8S. The molecule has 12 nitrogen and oxygen atoms in total. The Balaban J connectivity index is 2.02. The summed E-state index contributed by atoms with van der Waals surface area (Å²) in [6.45, 7) is 2.64. The number of carbonyl (C=O) groups excluding carboxylic acids is 3. The van der Waals surface area contributed by atoms with Gasteiger partial charge in [-0.25, -0.2) is 22.9 Å². The number of aromatic nitrogens is 1. The summed E-state index contributed by atoms with van der Waals surface area (Å²) in [6, 6.07) is 7.63. The summed E-state index contributed by atoms with van der Waals surface area (Å²) < 4.78 is 37.1. The molecule has 0 unspecified atom stereocenters. The number of rotatable bonds is 11. The summed E-state index contributed by atoms with van der Waals surface area (Å²) in [7, 11) is -4.28. The lowest BCUT2D eigenvalue weighted by Gasteiger charge is -2.09. The van der Waals surface area contributed by atoms with Crippen molar-refractivity contribution in [1.82, 2.24) is 20.3 Å². The monoisotopic (exact) mass is 480 g/mol. The van der Waals surface area contributed by atoms with E-state index in [1.807, 2.05) is 11.6 Å². The molecule has 2 aromatic rings. The van der Waals surface area contributed by atoms with Gasteiger partial charge in [-0.05, 0) is 31.2 Å². The molecule has 0 bridgehead atoms. The smallest absolute Gasteiger partial charge is 0.395 e. The second-order valence-electron chi connectivity index (χ2n) is 6.34. The molecule has 0 saturated heterocycles. The Morgan fingerprint density at radius 1 is 1.03 bits per heavy atom. The topological polar surface area (TPSA) is 173 Å². The van der Waals surface area contributed by atoms with Crippen molar-refractivity contribution in [3.8, 4) is 5.88 Å². The summed E-state index contributed by atoms with van der Waals surface area (Å²) in [5, 5.41) is 13.5. The van der Waals surface area contributed by atoms with Gasteiger partial charge in [-0.3, -0.25) is 9.59 Å². The van der Waals surface area contributed by atoms with Crippen LogP contribution in [0.25, 0.3) is 0 Å². The van der Waals surface area contributed by atoms with Crippen LogP contribution >= 0.6 is 0 Å². The van der Waals surface area contributed by atoms with E-state index in [1.165, 1.54) is 30.3 Å². The van der Waals surface area contributed by atoms with Crippen LogP contribution in [0.15, 0.2) is 47.5 Å². The molecule has 33 heavy (non-hydrogen) atoms. The maximum Gasteiger partial charge on any atom is 0.414 e. The minimum atomic E-state index is -4.28. The molecule has 1 heterocycles. The lowest BCUT2D eigenvalue weighted by molar-refractivity contribution is 0.0921. The van der Waals surface area contributed by atoms with E-state index in [9.17, 15) is 22.8 Å². The van der Waals surface area contributed by atoms with Gasteiger partial charge in [0.25, 0.3) is 21.8 Å². The van der Waals surface area contributed by atoms with E-state index in [0.717, 1.165) is 12.3 Å². The van der Waals surface area contributed by atoms with E-state index in [1.54, 1.807) is 0 Å². The van der Waals surface area contributed by atoms with Crippen LogP contribution in [-0.2, 0) is 14.8 Å². The van der Waals surface area contributed by atoms with Crippen molar-refractivity contribution >= 4 is 27.9 Å². The Hall–Kier alpha value is -3.55. The number of benzene rings is 1. The predicted octanol–water partition coefficient (Wildman–Crippen LogP) is 0.0473. The molecule has 3 amide bonds. The number of sulfonamides is 1. The molecule has 4 N–H and O–H groups in total. The van der Waals surface area contributed by atoms with E-state index in [2.05, 4.69) is 15.6 Å². The lowest BCUT2D eigenvalue weighted by Crippen LogP contribution is -2.31. The van der Waals surface area contributed by atoms with Gasteiger partial charge in [0.1, 0.15) is 0 Å². The van der Waals surface area contributed by atoms with Crippen molar-refractivity contribution in [2.75, 3.05) is 32.9 Å². The van der Waals surface area contributed by atoms with Crippen LogP contribution in [0.3, 0.4) is 0 Å². The molecule has 1 aromatic carbocycles. The first kappa shape index (κ1) is 25.7. The number of nitrogens with zero attached hydrogens (tertiary/aromatic N) is 1. The van der Waals surface area contributed by atoms with Gasteiger partial charge in [-0.1, -0.05) is 6.07 Å². The van der Waals surface area contributed by atoms with Gasteiger partial charge in [0.15, 0.2) is 0 Å². The molecule has 178 valence electrons. The predicted molar refractivity (Wildman–Crippen MR) is 115 cm³/mol. The number of aliphatic hydroxyl groups excluding tert-OH is 1. The number of aliphatic hydroxyl groups is 1. The molecular weight excluding hydrogens is 456 g/mol. The largest absolute Gasteiger partial charge is 0.414 e. The third-order valence-corrected chi connectivity index (χ3v) is 5.28. The molecule has 0 aliphatic heterocycles. The van der Waals surface area contributed by atoms with Crippen molar-refractivity contribution < 1.29 is 37.4 Å². The van der Waals surface area contributed by atoms with Gasteiger partial charge in [0, 0.05) is 37.5 Å². The first-order valence-electron chi connectivity index (χ1n) is 9.82. The fraction of sp³-hybridized carbons (Fsp3) is 0.300. The highest BCUT2D eigenvalue weighted by atomic mass is 32.2. The molecule has 2 rings (SSSR count). The normalized spacial score (nSPS) is 10.8. The number of pyridine rings is 1. The molecule has 13 heteroatoms. The molecule has 0 atom stereocenters. The average Bonchev–Trinajstić information content (AvgIpc) is 2.80. The highest BCUT2D eigenvalue weighted by Gasteiger charge is 2.20. The van der Waals surface area contributed by atoms with Gasteiger partial charge >= 0.3 is 6.09 Å². The number of ether oxygens (including phenoxy) is 2. The van der Waals surface area contributed by atoms with Crippen molar-refractivity contribution in [2.45, 2.75) is 11.8 Å². The van der Waals surface area contributed by atoms with Crippen LogP contribution in [0, 0.1) is 0 Å². The second kappa shape index (κ2) is 12.5.